The minimum absolute atomic E-state index is 0.220. The van der Waals surface area contributed by atoms with Gasteiger partial charge in [0.25, 0.3) is 0 Å². The molecule has 0 atom stereocenters. The second-order valence-electron chi connectivity index (χ2n) is 7.37. The highest BCUT2D eigenvalue weighted by molar-refractivity contribution is 5.78. The summed E-state index contributed by atoms with van der Waals surface area (Å²) in [6, 6.07) is 9.01. The highest BCUT2D eigenvalue weighted by Gasteiger charge is 2.27. The van der Waals surface area contributed by atoms with Crippen molar-refractivity contribution >= 4 is 5.91 Å². The monoisotopic (exact) mass is 347 g/mol. The first-order valence-electron chi connectivity index (χ1n) is 10.2. The minimum Gasteiger partial charge on any atom is -0.350 e. The molecule has 3 N–H and O–H groups in total. The first-order valence-corrected chi connectivity index (χ1v) is 10.2. The average Bonchev–Trinajstić information content (AvgIpc) is 2.66. The number of hydrogen-bond acceptors (Lipinski definition) is 1. The van der Waals surface area contributed by atoms with Crippen molar-refractivity contribution in [2.24, 2.45) is 5.92 Å². The number of rotatable bonds is 9. The van der Waals surface area contributed by atoms with Crippen LogP contribution in [0, 0.1) is 5.92 Å². The molecule has 25 heavy (non-hydrogen) atoms. The van der Waals surface area contributed by atoms with E-state index in [2.05, 4.69) is 50.4 Å². The minimum atomic E-state index is 0.220. The predicted molar refractivity (Wildman–Crippen MR) is 103 cm³/mol. The van der Waals surface area contributed by atoms with Gasteiger partial charge in [-0.05, 0) is 25.8 Å². The smallest absolute Gasteiger partial charge is 0.223 e. The van der Waals surface area contributed by atoms with E-state index in [1.54, 1.807) is 9.80 Å². The van der Waals surface area contributed by atoms with E-state index in [0.717, 1.165) is 65.1 Å². The largest absolute Gasteiger partial charge is 0.350 e. The number of amides is 1. The number of carbonyl (C=O) groups is 1. The van der Waals surface area contributed by atoms with E-state index in [9.17, 15) is 4.79 Å². The van der Waals surface area contributed by atoms with Crippen molar-refractivity contribution in [3.63, 3.8) is 0 Å². The Labute approximate surface area is 153 Å². The Kier molecular flexibility index (Phi) is 8.42. The molecule has 1 aromatic carbocycles. The Morgan fingerprint density at radius 3 is 2.24 bits per heavy atom. The number of quaternary nitrogens is 2. The average molecular weight is 348 g/mol. The molecule has 1 heterocycles. The van der Waals surface area contributed by atoms with Crippen LogP contribution in [-0.2, 0) is 17.8 Å². The van der Waals surface area contributed by atoms with Crippen LogP contribution in [0.15, 0.2) is 24.3 Å². The molecule has 0 radical (unpaired) electrons. The Balaban J connectivity index is 1.68. The van der Waals surface area contributed by atoms with Crippen LogP contribution in [-0.4, -0.2) is 45.2 Å². The van der Waals surface area contributed by atoms with Crippen LogP contribution in [0.2, 0.25) is 0 Å². The molecule has 140 valence electrons. The van der Waals surface area contributed by atoms with Gasteiger partial charge in [0.05, 0.1) is 39.3 Å². The first-order chi connectivity index (χ1) is 12.2. The molecule has 1 aliphatic rings. The molecule has 0 saturated carbocycles. The maximum atomic E-state index is 12.4. The van der Waals surface area contributed by atoms with Gasteiger partial charge in [-0.2, -0.15) is 0 Å². The maximum absolute atomic E-state index is 12.4. The van der Waals surface area contributed by atoms with Crippen molar-refractivity contribution in [3.8, 4) is 0 Å². The van der Waals surface area contributed by atoms with Crippen molar-refractivity contribution in [1.29, 1.82) is 0 Å². The highest BCUT2D eigenvalue weighted by atomic mass is 16.1. The number of aryl methyl sites for hydroxylation is 1. The molecule has 1 aromatic rings. The zero-order valence-electron chi connectivity index (χ0n) is 16.4. The Morgan fingerprint density at radius 2 is 1.68 bits per heavy atom. The summed E-state index contributed by atoms with van der Waals surface area (Å²) < 4.78 is 0. The van der Waals surface area contributed by atoms with Gasteiger partial charge in [-0.3, -0.25) is 4.79 Å². The Morgan fingerprint density at radius 1 is 1.08 bits per heavy atom. The van der Waals surface area contributed by atoms with Crippen LogP contribution >= 0.6 is 0 Å². The van der Waals surface area contributed by atoms with Crippen LogP contribution in [0.5, 0.6) is 0 Å². The van der Waals surface area contributed by atoms with E-state index in [0.29, 0.717) is 0 Å². The van der Waals surface area contributed by atoms with Crippen LogP contribution in [0.4, 0.5) is 0 Å². The number of likely N-dealkylation sites (N-methyl/N-ethyl adjacent to an activating group) is 1. The van der Waals surface area contributed by atoms with Gasteiger partial charge < -0.3 is 15.1 Å². The Hall–Kier alpha value is -1.39. The van der Waals surface area contributed by atoms with Crippen molar-refractivity contribution in [3.05, 3.63) is 35.4 Å². The van der Waals surface area contributed by atoms with Crippen LogP contribution < -0.4 is 15.1 Å². The van der Waals surface area contributed by atoms with Crippen LogP contribution in [0.3, 0.4) is 0 Å². The zero-order valence-corrected chi connectivity index (χ0v) is 16.4. The highest BCUT2D eigenvalue weighted by Crippen LogP contribution is 2.10. The molecule has 1 fully saturated rings. The molecule has 4 heteroatoms. The Bertz CT molecular complexity index is 502. The molecular formula is C21H37N3O+2. The molecule has 1 saturated heterocycles. The van der Waals surface area contributed by atoms with Crippen LogP contribution in [0.25, 0.3) is 0 Å². The van der Waals surface area contributed by atoms with E-state index >= 15 is 0 Å². The number of carbonyl (C=O) groups excluding carboxylic acids is 1. The quantitative estimate of drug-likeness (QED) is 0.582. The standard InChI is InChI=1S/C21H35N3O/c1-4-18-7-9-19(10-8-18)17-24-14-11-20(12-15-24)21(25)22-13-16-23(5-2)6-3/h7-10,20H,4-6,11-17H2,1-3H3,(H,22,25)/p+2. The van der Waals surface area contributed by atoms with Crippen molar-refractivity contribution in [2.45, 2.75) is 46.6 Å². The second kappa shape index (κ2) is 10.6. The summed E-state index contributed by atoms with van der Waals surface area (Å²) in [6.45, 7) is 14.0. The molecule has 1 aliphatic heterocycles. The molecule has 0 bridgehead atoms. The third-order valence-corrected chi connectivity index (χ3v) is 5.73. The summed E-state index contributed by atoms with van der Waals surface area (Å²) in [5, 5.41) is 3.16. The molecule has 0 unspecified atom stereocenters. The van der Waals surface area contributed by atoms with Gasteiger partial charge in [0.2, 0.25) is 5.91 Å². The number of likely N-dealkylation sites (tertiary alicyclic amines) is 1. The summed E-state index contributed by atoms with van der Waals surface area (Å²) in [5.41, 5.74) is 2.82. The normalized spacial score (nSPS) is 20.6. The third kappa shape index (κ3) is 6.44. The predicted octanol–water partition coefficient (Wildman–Crippen LogP) is 0.0848. The van der Waals surface area contributed by atoms with E-state index in [1.807, 2.05) is 0 Å². The SMILES string of the molecule is CCc1ccc(C[NH+]2CCC(C(=O)NCC[NH+](CC)CC)CC2)cc1. The lowest BCUT2D eigenvalue weighted by Gasteiger charge is -2.28. The van der Waals surface area contributed by atoms with Gasteiger partial charge in [0, 0.05) is 24.3 Å². The first kappa shape index (κ1) is 19.9. The molecule has 4 nitrogen and oxygen atoms in total. The lowest BCUT2D eigenvalue weighted by atomic mass is 9.95. The number of nitrogens with one attached hydrogen (secondary N) is 3. The van der Waals surface area contributed by atoms with Gasteiger partial charge in [-0.25, -0.2) is 0 Å². The summed E-state index contributed by atoms with van der Waals surface area (Å²) in [4.78, 5) is 15.5. The molecule has 0 aliphatic carbocycles. The molecule has 0 aromatic heterocycles. The van der Waals surface area contributed by atoms with E-state index in [4.69, 9.17) is 0 Å². The molecule has 2 rings (SSSR count). The van der Waals surface area contributed by atoms with Crippen molar-refractivity contribution in [1.82, 2.24) is 5.32 Å². The van der Waals surface area contributed by atoms with Gasteiger partial charge in [-0.15, -0.1) is 0 Å². The number of benzene rings is 1. The fourth-order valence-corrected chi connectivity index (χ4v) is 3.76. The lowest BCUT2D eigenvalue weighted by Crippen LogP contribution is -3.12. The van der Waals surface area contributed by atoms with E-state index < -0.39 is 0 Å². The van der Waals surface area contributed by atoms with Crippen molar-refractivity contribution in [2.75, 3.05) is 39.3 Å². The zero-order chi connectivity index (χ0) is 18.1. The summed E-state index contributed by atoms with van der Waals surface area (Å²) in [5.74, 6) is 0.496. The topological polar surface area (TPSA) is 38.0 Å². The molecule has 0 spiro atoms. The van der Waals surface area contributed by atoms with Gasteiger partial charge in [0.1, 0.15) is 6.54 Å². The van der Waals surface area contributed by atoms with Crippen LogP contribution in [0.1, 0.15) is 44.7 Å². The number of hydrogen-bond donors (Lipinski definition) is 3. The summed E-state index contributed by atoms with van der Waals surface area (Å²) in [6.07, 6.45) is 3.14. The summed E-state index contributed by atoms with van der Waals surface area (Å²) in [7, 11) is 0. The third-order valence-electron chi connectivity index (χ3n) is 5.73. The van der Waals surface area contributed by atoms with Crippen molar-refractivity contribution < 1.29 is 14.6 Å². The fraction of sp³-hybridized carbons (Fsp3) is 0.667. The van der Waals surface area contributed by atoms with Gasteiger partial charge in [0.15, 0.2) is 0 Å². The van der Waals surface area contributed by atoms with Gasteiger partial charge >= 0.3 is 0 Å². The maximum Gasteiger partial charge on any atom is 0.223 e. The van der Waals surface area contributed by atoms with E-state index in [-0.39, 0.29) is 11.8 Å². The summed E-state index contributed by atoms with van der Waals surface area (Å²) >= 11 is 0. The molecule has 1 amide bonds. The second-order valence-corrected chi connectivity index (χ2v) is 7.37. The van der Waals surface area contributed by atoms with Gasteiger partial charge in [-0.1, -0.05) is 31.2 Å². The molecular weight excluding hydrogens is 310 g/mol. The van der Waals surface area contributed by atoms with E-state index in [1.165, 1.54) is 11.1 Å². The fourth-order valence-electron chi connectivity index (χ4n) is 3.76. The lowest BCUT2D eigenvalue weighted by molar-refractivity contribution is -0.919. The number of piperidine rings is 1.